The van der Waals surface area contributed by atoms with Gasteiger partial charge in [0.25, 0.3) is 0 Å². The number of hydrogen-bond donors (Lipinski definition) is 4. The largest absolute Gasteiger partial charge is 0.488 e. The molecule has 0 atom stereocenters. The predicted molar refractivity (Wildman–Crippen MR) is 103 cm³/mol. The molecule has 2 aromatic carbocycles. The van der Waals surface area contributed by atoms with Gasteiger partial charge in [-0.05, 0) is 35.2 Å². The highest BCUT2D eigenvalue weighted by Crippen LogP contribution is 2.21. The summed E-state index contributed by atoms with van der Waals surface area (Å²) in [6.07, 6.45) is 0. The van der Waals surface area contributed by atoms with E-state index in [2.05, 4.69) is 0 Å². The first kappa shape index (κ1) is 22.2. The third-order valence-corrected chi connectivity index (χ3v) is 3.16. The monoisotopic (exact) mass is 331 g/mol. The zero-order chi connectivity index (χ0) is 18.7. The third-order valence-electron chi connectivity index (χ3n) is 3.16. The van der Waals surface area contributed by atoms with Crippen molar-refractivity contribution in [2.45, 2.75) is 27.7 Å². The van der Waals surface area contributed by atoms with E-state index in [1.165, 1.54) is 0 Å². The van der Waals surface area contributed by atoms with Gasteiger partial charge in [0, 0.05) is 18.4 Å². The summed E-state index contributed by atoms with van der Waals surface area (Å²) in [6, 6.07) is 13.7. The van der Waals surface area contributed by atoms with E-state index >= 15 is 0 Å². The van der Waals surface area contributed by atoms with Gasteiger partial charge in [-0.2, -0.15) is 0 Å². The molecule has 5 nitrogen and oxygen atoms in total. The number of rotatable bonds is 4. The van der Waals surface area contributed by atoms with Crippen LogP contribution in [-0.4, -0.2) is 41.4 Å². The van der Waals surface area contributed by atoms with E-state index in [-0.39, 0.29) is 0 Å². The maximum absolute atomic E-state index is 9.05. The van der Waals surface area contributed by atoms with Crippen LogP contribution in [0.3, 0.4) is 0 Å². The Hall–Kier alpha value is -1.79. The molecule has 0 bridgehead atoms. The van der Waals surface area contributed by atoms with Gasteiger partial charge in [0.05, 0.1) is 0 Å². The van der Waals surface area contributed by atoms with E-state index in [1.54, 1.807) is 48.5 Å². The van der Waals surface area contributed by atoms with E-state index in [4.69, 9.17) is 20.1 Å². The lowest BCUT2D eigenvalue weighted by atomic mass is 9.80. The van der Waals surface area contributed by atoms with Gasteiger partial charge < -0.3 is 25.0 Å². The van der Waals surface area contributed by atoms with Gasteiger partial charge in [0.2, 0.25) is 0 Å². The van der Waals surface area contributed by atoms with Crippen LogP contribution in [-0.2, 0) is 0 Å². The summed E-state index contributed by atoms with van der Waals surface area (Å²) in [5, 5.41) is 36.2. The zero-order valence-corrected chi connectivity index (χ0v) is 15.0. The molecule has 0 aliphatic carbocycles. The summed E-state index contributed by atoms with van der Waals surface area (Å²) in [5.41, 5.74) is 2.63. The SMILES string of the molecule is CC.CC.CN(c1ccc(B(O)O)cc1)c1ccc(B(O)O)cc1. The molecule has 0 aromatic heterocycles. The van der Waals surface area contributed by atoms with Gasteiger partial charge >= 0.3 is 14.2 Å². The molecular weight excluding hydrogens is 304 g/mol. The molecule has 2 rings (SSSR count). The maximum Gasteiger partial charge on any atom is 0.488 e. The van der Waals surface area contributed by atoms with Crippen molar-refractivity contribution in [2.75, 3.05) is 11.9 Å². The van der Waals surface area contributed by atoms with Crippen molar-refractivity contribution < 1.29 is 20.1 Å². The van der Waals surface area contributed by atoms with Gasteiger partial charge in [0.1, 0.15) is 0 Å². The van der Waals surface area contributed by atoms with Crippen molar-refractivity contribution in [3.05, 3.63) is 48.5 Å². The molecule has 4 N–H and O–H groups in total. The second-order valence-corrected chi connectivity index (χ2v) is 4.49. The summed E-state index contributed by atoms with van der Waals surface area (Å²) in [6.45, 7) is 8.00. The van der Waals surface area contributed by atoms with Crippen LogP contribution >= 0.6 is 0 Å². The summed E-state index contributed by atoms with van der Waals surface area (Å²) in [5.74, 6) is 0. The molecule has 130 valence electrons. The van der Waals surface area contributed by atoms with Crippen molar-refractivity contribution in [3.63, 3.8) is 0 Å². The van der Waals surface area contributed by atoms with Crippen molar-refractivity contribution in [1.29, 1.82) is 0 Å². The van der Waals surface area contributed by atoms with E-state index in [0.29, 0.717) is 10.9 Å². The molecule has 0 saturated heterocycles. The standard InChI is InChI=1S/C13H15B2NO4.2C2H6/c1-16(12-6-2-10(3-7-12)14(17)18)13-8-4-11(5-9-13)15(19)20;2*1-2/h2-9,17-20H,1H3;2*1-2H3. The fraction of sp³-hybridized carbons (Fsp3) is 0.294. The summed E-state index contributed by atoms with van der Waals surface area (Å²) < 4.78 is 0. The van der Waals surface area contributed by atoms with Crippen LogP contribution in [0.2, 0.25) is 0 Å². The first-order valence-electron chi connectivity index (χ1n) is 8.15. The van der Waals surface area contributed by atoms with E-state index in [0.717, 1.165) is 11.4 Å². The second kappa shape index (κ2) is 11.7. The van der Waals surface area contributed by atoms with E-state index in [1.807, 2.05) is 39.6 Å². The van der Waals surface area contributed by atoms with Crippen molar-refractivity contribution in [3.8, 4) is 0 Å². The first-order chi connectivity index (χ1) is 11.5. The van der Waals surface area contributed by atoms with Crippen molar-refractivity contribution in [2.24, 2.45) is 0 Å². The highest BCUT2D eigenvalue weighted by Gasteiger charge is 2.13. The predicted octanol–water partition coefficient (Wildman–Crippen LogP) is 0.866. The molecule has 0 radical (unpaired) electrons. The Balaban J connectivity index is 0.00000123. The number of benzene rings is 2. The molecule has 0 unspecified atom stereocenters. The van der Waals surface area contributed by atoms with Crippen LogP contribution in [0.25, 0.3) is 0 Å². The minimum atomic E-state index is -1.47. The zero-order valence-electron chi connectivity index (χ0n) is 15.0. The lowest BCUT2D eigenvalue weighted by Crippen LogP contribution is -2.30. The van der Waals surface area contributed by atoms with E-state index < -0.39 is 14.2 Å². The van der Waals surface area contributed by atoms with Crippen molar-refractivity contribution >= 4 is 36.5 Å². The van der Waals surface area contributed by atoms with Gasteiger partial charge in [0.15, 0.2) is 0 Å². The van der Waals surface area contributed by atoms with Crippen LogP contribution in [0.5, 0.6) is 0 Å². The smallest absolute Gasteiger partial charge is 0.423 e. The molecular formula is C17H27B2NO4. The highest BCUT2D eigenvalue weighted by atomic mass is 16.4. The Morgan fingerprint density at radius 3 is 1.04 bits per heavy atom. The molecule has 0 heterocycles. The minimum absolute atomic E-state index is 0.431. The Bertz CT molecular complexity index is 508. The normalized spacial score (nSPS) is 9.04. The first-order valence-corrected chi connectivity index (χ1v) is 8.15. The fourth-order valence-electron chi connectivity index (χ4n) is 1.89. The molecule has 0 aliphatic rings. The average Bonchev–Trinajstić information content (AvgIpc) is 2.64. The van der Waals surface area contributed by atoms with E-state index in [9.17, 15) is 0 Å². The Kier molecular flexibility index (Phi) is 10.8. The van der Waals surface area contributed by atoms with Gasteiger partial charge in [-0.1, -0.05) is 52.0 Å². The average molecular weight is 331 g/mol. The Labute approximate surface area is 145 Å². The number of anilines is 2. The molecule has 0 saturated carbocycles. The van der Waals surface area contributed by atoms with Gasteiger partial charge in [-0.3, -0.25) is 0 Å². The van der Waals surface area contributed by atoms with Gasteiger partial charge in [-0.25, -0.2) is 0 Å². The summed E-state index contributed by atoms with van der Waals surface area (Å²) in [4.78, 5) is 1.90. The lowest BCUT2D eigenvalue weighted by Gasteiger charge is -2.20. The molecule has 2 aromatic rings. The fourth-order valence-corrected chi connectivity index (χ4v) is 1.89. The highest BCUT2D eigenvalue weighted by molar-refractivity contribution is 6.59. The van der Waals surface area contributed by atoms with Crippen molar-refractivity contribution in [1.82, 2.24) is 0 Å². The quantitative estimate of drug-likeness (QED) is 0.625. The second-order valence-electron chi connectivity index (χ2n) is 4.49. The maximum atomic E-state index is 9.05. The molecule has 0 fully saturated rings. The molecule has 0 aliphatic heterocycles. The topological polar surface area (TPSA) is 84.2 Å². The number of nitrogens with zero attached hydrogens (tertiary/aromatic N) is 1. The lowest BCUT2D eigenvalue weighted by molar-refractivity contribution is 0.424. The summed E-state index contributed by atoms with van der Waals surface area (Å²) in [7, 11) is -1.08. The number of hydrogen-bond acceptors (Lipinski definition) is 5. The molecule has 0 spiro atoms. The van der Waals surface area contributed by atoms with Crippen LogP contribution in [0.15, 0.2) is 48.5 Å². The van der Waals surface area contributed by atoms with Crippen LogP contribution in [0.4, 0.5) is 11.4 Å². The Morgan fingerprint density at radius 2 is 0.833 bits per heavy atom. The Morgan fingerprint density at radius 1 is 0.583 bits per heavy atom. The molecule has 0 amide bonds. The van der Waals surface area contributed by atoms with Gasteiger partial charge in [-0.15, -0.1) is 0 Å². The molecule has 24 heavy (non-hydrogen) atoms. The van der Waals surface area contributed by atoms with Crippen LogP contribution in [0, 0.1) is 0 Å². The summed E-state index contributed by atoms with van der Waals surface area (Å²) >= 11 is 0. The molecule has 7 heteroatoms. The van der Waals surface area contributed by atoms with Crippen LogP contribution < -0.4 is 15.8 Å². The third kappa shape index (κ3) is 6.37. The van der Waals surface area contributed by atoms with Crippen LogP contribution in [0.1, 0.15) is 27.7 Å². The minimum Gasteiger partial charge on any atom is -0.423 e.